The molecule has 0 spiro atoms. The van der Waals surface area contributed by atoms with Crippen molar-refractivity contribution in [1.82, 2.24) is 9.80 Å². The van der Waals surface area contributed by atoms with Gasteiger partial charge in [-0.2, -0.15) is 0 Å². The fourth-order valence-corrected chi connectivity index (χ4v) is 3.99. The maximum Gasteiger partial charge on any atom is 0.235 e. The van der Waals surface area contributed by atoms with Gasteiger partial charge in [0, 0.05) is 43.0 Å². The van der Waals surface area contributed by atoms with E-state index in [0.717, 1.165) is 50.2 Å². The lowest BCUT2D eigenvalue weighted by Crippen LogP contribution is -2.63. The van der Waals surface area contributed by atoms with Crippen LogP contribution in [0.25, 0.3) is 0 Å². The highest BCUT2D eigenvalue weighted by atomic mass is 35.5. The first-order valence-corrected chi connectivity index (χ1v) is 9.53. The summed E-state index contributed by atoms with van der Waals surface area (Å²) in [6, 6.07) is 8.35. The maximum atomic E-state index is 12.5. The number of amides is 1. The molecule has 23 heavy (non-hydrogen) atoms. The number of carbonyl (C=O) groups excluding carboxylic acids is 1. The van der Waals surface area contributed by atoms with Gasteiger partial charge in [0.05, 0.1) is 18.5 Å². The van der Waals surface area contributed by atoms with Gasteiger partial charge in [-0.3, -0.25) is 9.69 Å². The summed E-state index contributed by atoms with van der Waals surface area (Å²) in [6.45, 7) is 7.36. The van der Waals surface area contributed by atoms with Gasteiger partial charge in [-0.05, 0) is 24.6 Å². The van der Waals surface area contributed by atoms with E-state index in [1.165, 1.54) is 5.56 Å². The van der Waals surface area contributed by atoms with Crippen molar-refractivity contribution < 1.29 is 9.53 Å². The van der Waals surface area contributed by atoms with Crippen molar-refractivity contribution in [3.63, 3.8) is 0 Å². The minimum Gasteiger partial charge on any atom is -0.379 e. The van der Waals surface area contributed by atoms with E-state index in [1.54, 1.807) is 11.8 Å². The SMILES string of the molecule is C[C@H](SCc1ccc(Cl)cc1)C(=O)N1CC(N2CCOCC2)C1. The summed E-state index contributed by atoms with van der Waals surface area (Å²) < 4.78 is 5.38. The number of likely N-dealkylation sites (tertiary alicyclic amines) is 1. The van der Waals surface area contributed by atoms with Gasteiger partial charge in [0.25, 0.3) is 0 Å². The zero-order valence-electron chi connectivity index (χ0n) is 13.4. The molecule has 1 atom stereocenters. The largest absolute Gasteiger partial charge is 0.379 e. The van der Waals surface area contributed by atoms with E-state index >= 15 is 0 Å². The second-order valence-electron chi connectivity index (χ2n) is 6.13. The Labute approximate surface area is 147 Å². The summed E-state index contributed by atoms with van der Waals surface area (Å²) >= 11 is 7.58. The topological polar surface area (TPSA) is 32.8 Å². The molecule has 0 aromatic heterocycles. The van der Waals surface area contributed by atoms with Gasteiger partial charge in [0.2, 0.25) is 5.91 Å². The predicted molar refractivity (Wildman–Crippen MR) is 95.0 cm³/mol. The third kappa shape index (κ3) is 4.41. The zero-order chi connectivity index (χ0) is 16.2. The van der Waals surface area contributed by atoms with Crippen molar-refractivity contribution in [2.75, 3.05) is 39.4 Å². The minimum atomic E-state index is -0.00341. The van der Waals surface area contributed by atoms with Crippen molar-refractivity contribution in [2.24, 2.45) is 0 Å². The minimum absolute atomic E-state index is 0.00341. The van der Waals surface area contributed by atoms with Crippen LogP contribution in [0.3, 0.4) is 0 Å². The van der Waals surface area contributed by atoms with Gasteiger partial charge in [-0.25, -0.2) is 0 Å². The highest BCUT2D eigenvalue weighted by Gasteiger charge is 2.36. The molecule has 0 saturated carbocycles. The molecule has 1 amide bonds. The molecule has 0 unspecified atom stereocenters. The Bertz CT molecular complexity index is 528. The predicted octanol–water partition coefficient (Wildman–Crippen LogP) is 2.50. The second-order valence-corrected chi connectivity index (χ2v) is 7.89. The Morgan fingerprint density at radius 1 is 1.30 bits per heavy atom. The van der Waals surface area contributed by atoms with Gasteiger partial charge in [-0.15, -0.1) is 11.8 Å². The fraction of sp³-hybridized carbons (Fsp3) is 0.588. The highest BCUT2D eigenvalue weighted by Crippen LogP contribution is 2.24. The average Bonchev–Trinajstić information content (AvgIpc) is 2.53. The normalized spacial score (nSPS) is 21.0. The van der Waals surface area contributed by atoms with Crippen molar-refractivity contribution >= 4 is 29.3 Å². The summed E-state index contributed by atoms with van der Waals surface area (Å²) in [4.78, 5) is 16.9. The molecular formula is C17H23ClN2O2S. The lowest BCUT2D eigenvalue weighted by atomic mass is 10.1. The first-order chi connectivity index (χ1) is 11.1. The molecule has 2 heterocycles. The van der Waals surface area contributed by atoms with Crippen LogP contribution in [-0.4, -0.2) is 66.4 Å². The molecule has 1 aromatic carbocycles. The van der Waals surface area contributed by atoms with E-state index in [9.17, 15) is 4.79 Å². The molecule has 2 aliphatic heterocycles. The smallest absolute Gasteiger partial charge is 0.235 e. The maximum absolute atomic E-state index is 12.5. The lowest BCUT2D eigenvalue weighted by molar-refractivity contribution is -0.139. The summed E-state index contributed by atoms with van der Waals surface area (Å²) in [5, 5.41) is 0.744. The molecule has 2 saturated heterocycles. The highest BCUT2D eigenvalue weighted by molar-refractivity contribution is 7.99. The molecule has 1 aromatic rings. The van der Waals surface area contributed by atoms with Crippen LogP contribution in [0.1, 0.15) is 12.5 Å². The molecule has 0 bridgehead atoms. The Balaban J connectivity index is 1.41. The number of benzene rings is 1. The number of carbonyl (C=O) groups is 1. The number of halogens is 1. The molecule has 0 radical (unpaired) electrons. The Morgan fingerprint density at radius 2 is 1.96 bits per heavy atom. The molecule has 4 nitrogen and oxygen atoms in total. The fourth-order valence-electron chi connectivity index (χ4n) is 2.94. The van der Waals surface area contributed by atoms with E-state index in [-0.39, 0.29) is 11.2 Å². The number of nitrogens with zero attached hydrogens (tertiary/aromatic N) is 2. The van der Waals surface area contributed by atoms with Gasteiger partial charge < -0.3 is 9.64 Å². The van der Waals surface area contributed by atoms with E-state index in [1.807, 2.05) is 36.1 Å². The van der Waals surface area contributed by atoms with Gasteiger partial charge in [-0.1, -0.05) is 23.7 Å². The molecule has 126 valence electrons. The van der Waals surface area contributed by atoms with Crippen LogP contribution in [0, 0.1) is 0 Å². The number of rotatable bonds is 5. The first-order valence-electron chi connectivity index (χ1n) is 8.10. The van der Waals surface area contributed by atoms with Crippen LogP contribution in [0.15, 0.2) is 24.3 Å². The monoisotopic (exact) mass is 354 g/mol. The third-order valence-electron chi connectivity index (χ3n) is 4.50. The van der Waals surface area contributed by atoms with E-state index in [2.05, 4.69) is 4.90 Å². The van der Waals surface area contributed by atoms with E-state index < -0.39 is 0 Å². The Morgan fingerprint density at radius 3 is 2.61 bits per heavy atom. The molecule has 3 rings (SSSR count). The number of hydrogen-bond acceptors (Lipinski definition) is 4. The number of ether oxygens (including phenoxy) is 1. The Hall–Kier alpha value is -0.750. The third-order valence-corrected chi connectivity index (χ3v) is 5.95. The molecular weight excluding hydrogens is 332 g/mol. The van der Waals surface area contributed by atoms with Crippen LogP contribution >= 0.6 is 23.4 Å². The standard InChI is InChI=1S/C17H23ClN2O2S/c1-13(23-12-14-2-4-15(18)5-3-14)17(21)20-10-16(11-20)19-6-8-22-9-7-19/h2-5,13,16H,6-12H2,1H3/t13-/m0/s1. The summed E-state index contributed by atoms with van der Waals surface area (Å²) in [5.41, 5.74) is 1.20. The quantitative estimate of drug-likeness (QED) is 0.813. The lowest BCUT2D eigenvalue weighted by Gasteiger charge is -2.47. The van der Waals surface area contributed by atoms with Crippen molar-refractivity contribution in [2.45, 2.75) is 24.0 Å². The van der Waals surface area contributed by atoms with Crippen LogP contribution in [0.2, 0.25) is 5.02 Å². The zero-order valence-corrected chi connectivity index (χ0v) is 15.0. The Kier molecular flexibility index (Phi) is 5.85. The molecule has 0 aliphatic carbocycles. The van der Waals surface area contributed by atoms with E-state index in [0.29, 0.717) is 6.04 Å². The van der Waals surface area contributed by atoms with Gasteiger partial charge in [0.1, 0.15) is 0 Å². The van der Waals surface area contributed by atoms with Crippen LogP contribution in [0.4, 0.5) is 0 Å². The second kappa shape index (κ2) is 7.88. The summed E-state index contributed by atoms with van der Waals surface area (Å²) in [5.74, 6) is 1.10. The number of thioether (sulfide) groups is 1. The van der Waals surface area contributed by atoms with Crippen molar-refractivity contribution in [3.05, 3.63) is 34.9 Å². The van der Waals surface area contributed by atoms with Crippen molar-refractivity contribution in [3.8, 4) is 0 Å². The molecule has 2 fully saturated rings. The van der Waals surface area contributed by atoms with Crippen LogP contribution in [-0.2, 0) is 15.3 Å². The van der Waals surface area contributed by atoms with Crippen LogP contribution < -0.4 is 0 Å². The molecule has 6 heteroatoms. The van der Waals surface area contributed by atoms with Gasteiger partial charge in [0.15, 0.2) is 0 Å². The van der Waals surface area contributed by atoms with Crippen molar-refractivity contribution in [1.29, 1.82) is 0 Å². The number of hydrogen-bond donors (Lipinski definition) is 0. The van der Waals surface area contributed by atoms with E-state index in [4.69, 9.17) is 16.3 Å². The van der Waals surface area contributed by atoms with Crippen LogP contribution in [0.5, 0.6) is 0 Å². The molecule has 2 aliphatic rings. The summed E-state index contributed by atoms with van der Waals surface area (Å²) in [6.07, 6.45) is 0. The summed E-state index contributed by atoms with van der Waals surface area (Å²) in [7, 11) is 0. The number of morpholine rings is 1. The first kappa shape index (κ1) is 17.1. The molecule has 0 N–H and O–H groups in total. The average molecular weight is 355 g/mol. The van der Waals surface area contributed by atoms with Gasteiger partial charge >= 0.3 is 0 Å².